The lowest BCUT2D eigenvalue weighted by Gasteiger charge is -2.09. The summed E-state index contributed by atoms with van der Waals surface area (Å²) in [6.07, 6.45) is 3.37. The number of nitrogens with one attached hydrogen (secondary N) is 2. The highest BCUT2D eigenvalue weighted by Gasteiger charge is 2.07. The average molecular weight is 319 g/mol. The molecule has 120 valence electrons. The molecule has 6 nitrogen and oxygen atoms in total. The van der Waals surface area contributed by atoms with Gasteiger partial charge in [-0.3, -0.25) is 9.78 Å². The van der Waals surface area contributed by atoms with E-state index in [1.807, 2.05) is 25.1 Å². The standard InChI is InChI=1S/C18H17N5O/c1-12-10-15(6-8-20-12)22-16-7-9-21-17(11-16)23-18(24)13-2-4-14(19)5-3-13/h2-11H,19H2,1H3,(H2,20,21,22,23,24). The van der Waals surface area contributed by atoms with E-state index in [1.54, 1.807) is 42.7 Å². The Bertz CT molecular complexity index is 861. The van der Waals surface area contributed by atoms with E-state index in [1.165, 1.54) is 0 Å². The molecule has 3 rings (SSSR count). The number of carbonyl (C=O) groups excluding carboxylic acids is 1. The minimum Gasteiger partial charge on any atom is -0.399 e. The van der Waals surface area contributed by atoms with Gasteiger partial charge in [-0.25, -0.2) is 4.98 Å². The first-order valence-electron chi connectivity index (χ1n) is 7.43. The quantitative estimate of drug-likeness (QED) is 0.641. The second kappa shape index (κ2) is 6.78. The van der Waals surface area contributed by atoms with Crippen molar-refractivity contribution in [3.63, 3.8) is 0 Å². The molecule has 1 aromatic carbocycles. The van der Waals surface area contributed by atoms with Crippen LogP contribution < -0.4 is 16.4 Å². The number of nitrogens with two attached hydrogens (primary N) is 1. The summed E-state index contributed by atoms with van der Waals surface area (Å²) in [5, 5.41) is 6.03. The molecule has 24 heavy (non-hydrogen) atoms. The van der Waals surface area contributed by atoms with E-state index < -0.39 is 0 Å². The van der Waals surface area contributed by atoms with Gasteiger partial charge in [0.1, 0.15) is 5.82 Å². The molecule has 0 aliphatic heterocycles. The van der Waals surface area contributed by atoms with Gasteiger partial charge in [-0.1, -0.05) is 0 Å². The van der Waals surface area contributed by atoms with Crippen LogP contribution >= 0.6 is 0 Å². The summed E-state index contributed by atoms with van der Waals surface area (Å²) in [5.74, 6) is 0.229. The molecule has 1 amide bonds. The fraction of sp³-hybridized carbons (Fsp3) is 0.0556. The third-order valence-corrected chi connectivity index (χ3v) is 3.36. The first kappa shape index (κ1) is 15.5. The summed E-state index contributed by atoms with van der Waals surface area (Å²) in [4.78, 5) is 20.6. The van der Waals surface area contributed by atoms with Gasteiger partial charge in [0.2, 0.25) is 0 Å². The number of hydrogen-bond donors (Lipinski definition) is 3. The summed E-state index contributed by atoms with van der Waals surface area (Å²) in [7, 11) is 0. The van der Waals surface area contributed by atoms with Crippen molar-refractivity contribution in [3.05, 3.63) is 72.2 Å². The fourth-order valence-electron chi connectivity index (χ4n) is 2.19. The number of carbonyl (C=O) groups is 1. The largest absolute Gasteiger partial charge is 0.399 e. The number of amides is 1. The Morgan fingerprint density at radius 2 is 1.62 bits per heavy atom. The van der Waals surface area contributed by atoms with Crippen LogP contribution in [0.4, 0.5) is 22.9 Å². The predicted molar refractivity (Wildman–Crippen MR) is 95.3 cm³/mol. The van der Waals surface area contributed by atoms with Gasteiger partial charge in [-0.05, 0) is 49.4 Å². The van der Waals surface area contributed by atoms with Crippen molar-refractivity contribution in [3.8, 4) is 0 Å². The SMILES string of the molecule is Cc1cc(Nc2ccnc(NC(=O)c3ccc(N)cc3)c2)ccn1. The van der Waals surface area contributed by atoms with Crippen molar-refractivity contribution < 1.29 is 4.79 Å². The van der Waals surface area contributed by atoms with Crippen LogP contribution in [-0.2, 0) is 0 Å². The molecule has 0 atom stereocenters. The molecule has 0 aliphatic rings. The Labute approximate surface area is 139 Å². The Kier molecular flexibility index (Phi) is 4.38. The minimum atomic E-state index is -0.237. The second-order valence-electron chi connectivity index (χ2n) is 5.32. The number of hydrogen-bond acceptors (Lipinski definition) is 5. The monoisotopic (exact) mass is 319 g/mol. The maximum Gasteiger partial charge on any atom is 0.256 e. The van der Waals surface area contributed by atoms with Gasteiger partial charge in [-0.2, -0.15) is 0 Å². The molecule has 4 N–H and O–H groups in total. The number of pyridine rings is 2. The molecule has 0 spiro atoms. The third kappa shape index (κ3) is 3.86. The van der Waals surface area contributed by atoms with Gasteiger partial charge in [0.25, 0.3) is 5.91 Å². The molecule has 0 fully saturated rings. The number of benzene rings is 1. The summed E-state index contributed by atoms with van der Waals surface area (Å²) >= 11 is 0. The fourth-order valence-corrected chi connectivity index (χ4v) is 2.19. The van der Waals surface area contributed by atoms with Gasteiger partial charge in [0.15, 0.2) is 0 Å². The van der Waals surface area contributed by atoms with Gasteiger partial charge in [0.05, 0.1) is 0 Å². The number of nitrogens with zero attached hydrogens (tertiary/aromatic N) is 2. The van der Waals surface area contributed by atoms with Gasteiger partial charge < -0.3 is 16.4 Å². The summed E-state index contributed by atoms with van der Waals surface area (Å²) < 4.78 is 0. The first-order valence-corrected chi connectivity index (χ1v) is 7.43. The van der Waals surface area contributed by atoms with Crippen molar-refractivity contribution in [2.45, 2.75) is 6.92 Å². The maximum absolute atomic E-state index is 12.2. The number of anilines is 4. The smallest absolute Gasteiger partial charge is 0.256 e. The van der Waals surface area contributed by atoms with Crippen molar-refractivity contribution in [2.24, 2.45) is 0 Å². The van der Waals surface area contributed by atoms with Crippen LogP contribution in [0.2, 0.25) is 0 Å². The highest BCUT2D eigenvalue weighted by Crippen LogP contribution is 2.19. The van der Waals surface area contributed by atoms with Crippen molar-refractivity contribution in [1.29, 1.82) is 0 Å². The Balaban J connectivity index is 1.73. The highest BCUT2D eigenvalue weighted by atomic mass is 16.1. The van der Waals surface area contributed by atoms with Gasteiger partial charge in [0, 0.05) is 46.8 Å². The highest BCUT2D eigenvalue weighted by molar-refractivity contribution is 6.04. The molecular weight excluding hydrogens is 302 g/mol. The molecule has 3 aromatic rings. The van der Waals surface area contributed by atoms with Crippen molar-refractivity contribution in [2.75, 3.05) is 16.4 Å². The van der Waals surface area contributed by atoms with Gasteiger partial charge in [-0.15, -0.1) is 0 Å². The van der Waals surface area contributed by atoms with Crippen LogP contribution in [0.25, 0.3) is 0 Å². The molecule has 0 saturated heterocycles. The van der Waals surface area contributed by atoms with E-state index >= 15 is 0 Å². The number of aryl methyl sites for hydroxylation is 1. The zero-order chi connectivity index (χ0) is 16.9. The number of rotatable bonds is 4. The van der Waals surface area contributed by atoms with E-state index in [0.717, 1.165) is 17.1 Å². The second-order valence-corrected chi connectivity index (χ2v) is 5.32. The lowest BCUT2D eigenvalue weighted by Crippen LogP contribution is -2.13. The zero-order valence-electron chi connectivity index (χ0n) is 13.2. The van der Waals surface area contributed by atoms with Crippen molar-refractivity contribution >= 4 is 28.8 Å². The van der Waals surface area contributed by atoms with Crippen LogP contribution in [0, 0.1) is 6.92 Å². The maximum atomic E-state index is 12.2. The lowest BCUT2D eigenvalue weighted by molar-refractivity contribution is 0.102. The van der Waals surface area contributed by atoms with E-state index in [2.05, 4.69) is 20.6 Å². The molecular formula is C18H17N5O. The van der Waals surface area contributed by atoms with Crippen LogP contribution in [0.15, 0.2) is 60.9 Å². The minimum absolute atomic E-state index is 0.237. The summed E-state index contributed by atoms with van der Waals surface area (Å²) in [6.45, 7) is 1.93. The third-order valence-electron chi connectivity index (χ3n) is 3.36. The topological polar surface area (TPSA) is 92.9 Å². The number of aromatic nitrogens is 2. The molecule has 0 bridgehead atoms. The molecule has 2 heterocycles. The van der Waals surface area contributed by atoms with E-state index in [-0.39, 0.29) is 5.91 Å². The van der Waals surface area contributed by atoms with Crippen LogP contribution in [-0.4, -0.2) is 15.9 Å². The van der Waals surface area contributed by atoms with Crippen LogP contribution in [0.3, 0.4) is 0 Å². The normalized spacial score (nSPS) is 10.2. The van der Waals surface area contributed by atoms with Crippen LogP contribution in [0.5, 0.6) is 0 Å². The lowest BCUT2D eigenvalue weighted by atomic mass is 10.2. The first-order chi connectivity index (χ1) is 11.6. The molecule has 0 radical (unpaired) electrons. The molecule has 6 heteroatoms. The molecule has 0 unspecified atom stereocenters. The molecule has 0 saturated carbocycles. The Morgan fingerprint density at radius 1 is 0.958 bits per heavy atom. The van der Waals surface area contributed by atoms with Crippen molar-refractivity contribution in [1.82, 2.24) is 9.97 Å². The van der Waals surface area contributed by atoms with E-state index in [0.29, 0.717) is 17.1 Å². The average Bonchev–Trinajstić information content (AvgIpc) is 2.56. The molecule has 2 aromatic heterocycles. The summed E-state index contributed by atoms with van der Waals surface area (Å²) in [5.41, 5.74) is 9.43. The van der Waals surface area contributed by atoms with E-state index in [4.69, 9.17) is 5.73 Å². The number of nitrogen functional groups attached to an aromatic ring is 1. The van der Waals surface area contributed by atoms with E-state index in [9.17, 15) is 4.79 Å². The summed E-state index contributed by atoms with van der Waals surface area (Å²) in [6, 6.07) is 14.1. The predicted octanol–water partition coefficient (Wildman–Crippen LogP) is 3.36. The van der Waals surface area contributed by atoms with Gasteiger partial charge >= 0.3 is 0 Å². The zero-order valence-corrected chi connectivity index (χ0v) is 13.2. The Hall–Kier alpha value is -3.41. The molecule has 0 aliphatic carbocycles. The Morgan fingerprint density at radius 3 is 2.33 bits per heavy atom. The van der Waals surface area contributed by atoms with Crippen LogP contribution in [0.1, 0.15) is 16.1 Å².